The van der Waals surface area contributed by atoms with Crippen LogP contribution in [0, 0.1) is 12.7 Å². The number of carbonyl (C=O) groups is 1. The van der Waals surface area contributed by atoms with Gasteiger partial charge in [-0.25, -0.2) is 12.8 Å². The zero-order valence-corrected chi connectivity index (χ0v) is 16.8. The van der Waals surface area contributed by atoms with E-state index >= 15 is 0 Å². The lowest BCUT2D eigenvalue weighted by molar-refractivity contribution is 0.102. The molecule has 1 aromatic heterocycles. The quantitative estimate of drug-likeness (QED) is 0.436. The molecule has 30 heavy (non-hydrogen) atoms. The molecule has 8 heteroatoms. The number of amides is 1. The van der Waals surface area contributed by atoms with Crippen LogP contribution >= 0.6 is 0 Å². The van der Waals surface area contributed by atoms with Crippen LogP contribution in [-0.4, -0.2) is 19.3 Å². The van der Waals surface area contributed by atoms with E-state index in [2.05, 4.69) is 15.0 Å². The number of hydrogen-bond acceptors (Lipinski definition) is 3. The topological polar surface area (TPSA) is 91.1 Å². The molecule has 152 valence electrons. The van der Waals surface area contributed by atoms with Crippen molar-refractivity contribution >= 4 is 38.2 Å². The zero-order chi connectivity index (χ0) is 21.3. The summed E-state index contributed by atoms with van der Waals surface area (Å²) in [5.41, 5.74) is 1.97. The van der Waals surface area contributed by atoms with Gasteiger partial charge in [0.1, 0.15) is 5.82 Å². The summed E-state index contributed by atoms with van der Waals surface area (Å²) in [6, 6.07) is 17.1. The van der Waals surface area contributed by atoms with Crippen LogP contribution in [-0.2, 0) is 10.0 Å². The predicted octanol–water partition coefficient (Wildman–Crippen LogP) is 4.67. The molecule has 0 saturated carbocycles. The van der Waals surface area contributed by atoms with Gasteiger partial charge >= 0.3 is 0 Å². The summed E-state index contributed by atoms with van der Waals surface area (Å²) in [5.74, 6) is -0.954. The van der Waals surface area contributed by atoms with Gasteiger partial charge in [0.05, 0.1) is 21.8 Å². The standard InChI is InChI=1S/C22H18FN3O3S/c1-14-13-15(9-10-18(14)23)30(28,29)26-21-6-3-2-5-17(21)22(27)25-20-8-4-7-19-16(20)11-12-24-19/h2-13,24,26H,1H3,(H,25,27). The highest BCUT2D eigenvalue weighted by atomic mass is 32.2. The molecule has 0 bridgehead atoms. The van der Waals surface area contributed by atoms with E-state index in [0.29, 0.717) is 5.69 Å². The molecular formula is C22H18FN3O3S. The number of carbonyl (C=O) groups excluding carboxylic acids is 1. The number of rotatable bonds is 5. The van der Waals surface area contributed by atoms with Crippen molar-refractivity contribution < 1.29 is 17.6 Å². The first-order valence-electron chi connectivity index (χ1n) is 9.10. The Hall–Kier alpha value is -3.65. The number of nitrogens with one attached hydrogen (secondary N) is 3. The maximum atomic E-state index is 13.5. The Labute approximate surface area is 172 Å². The van der Waals surface area contributed by atoms with Crippen molar-refractivity contribution in [1.29, 1.82) is 0 Å². The Balaban J connectivity index is 1.64. The highest BCUT2D eigenvalue weighted by molar-refractivity contribution is 7.92. The van der Waals surface area contributed by atoms with Crippen molar-refractivity contribution in [1.82, 2.24) is 4.98 Å². The summed E-state index contributed by atoms with van der Waals surface area (Å²) >= 11 is 0. The molecule has 0 saturated heterocycles. The molecule has 0 aliphatic rings. The Morgan fingerprint density at radius 3 is 2.53 bits per heavy atom. The first-order valence-corrected chi connectivity index (χ1v) is 10.6. The summed E-state index contributed by atoms with van der Waals surface area (Å²) in [6.45, 7) is 1.48. The molecular weight excluding hydrogens is 405 g/mol. The average Bonchev–Trinajstić information content (AvgIpc) is 3.20. The molecule has 0 aliphatic carbocycles. The Morgan fingerprint density at radius 1 is 0.967 bits per heavy atom. The van der Waals surface area contributed by atoms with Gasteiger partial charge in [0.25, 0.3) is 15.9 Å². The van der Waals surface area contributed by atoms with Crippen LogP contribution in [0.1, 0.15) is 15.9 Å². The second-order valence-corrected chi connectivity index (χ2v) is 8.44. The molecule has 4 rings (SSSR count). The summed E-state index contributed by atoms with van der Waals surface area (Å²) in [4.78, 5) is 15.9. The molecule has 3 aromatic carbocycles. The van der Waals surface area contributed by atoms with Crippen LogP contribution < -0.4 is 10.0 Å². The lowest BCUT2D eigenvalue weighted by Crippen LogP contribution is -2.18. The van der Waals surface area contributed by atoms with Gasteiger partial charge in [-0.1, -0.05) is 18.2 Å². The molecule has 0 radical (unpaired) electrons. The predicted molar refractivity (Wildman–Crippen MR) is 115 cm³/mol. The van der Waals surface area contributed by atoms with Gasteiger partial charge in [-0.2, -0.15) is 0 Å². The smallest absolute Gasteiger partial charge is 0.261 e. The molecule has 0 spiro atoms. The second kappa shape index (κ2) is 7.64. The maximum Gasteiger partial charge on any atom is 0.261 e. The molecule has 1 amide bonds. The largest absolute Gasteiger partial charge is 0.361 e. The molecule has 3 N–H and O–H groups in total. The van der Waals surface area contributed by atoms with Crippen molar-refractivity contribution in [2.24, 2.45) is 0 Å². The highest BCUT2D eigenvalue weighted by Gasteiger charge is 2.20. The number of para-hydroxylation sites is 1. The number of hydrogen-bond donors (Lipinski definition) is 3. The molecule has 6 nitrogen and oxygen atoms in total. The van der Waals surface area contributed by atoms with Crippen LogP contribution in [0.2, 0.25) is 0 Å². The van der Waals surface area contributed by atoms with Crippen molar-refractivity contribution in [3.05, 3.63) is 89.9 Å². The van der Waals surface area contributed by atoms with Crippen molar-refractivity contribution in [3.8, 4) is 0 Å². The number of fused-ring (bicyclic) bond motifs is 1. The lowest BCUT2D eigenvalue weighted by atomic mass is 10.1. The highest BCUT2D eigenvalue weighted by Crippen LogP contribution is 2.25. The van der Waals surface area contributed by atoms with Gasteiger partial charge in [0.15, 0.2) is 0 Å². The molecule has 0 fully saturated rings. The minimum absolute atomic E-state index is 0.0892. The van der Waals surface area contributed by atoms with E-state index in [1.807, 2.05) is 12.1 Å². The van der Waals surface area contributed by atoms with Crippen LogP contribution in [0.25, 0.3) is 10.9 Å². The minimum atomic E-state index is -4.01. The number of aromatic nitrogens is 1. The first kappa shape index (κ1) is 19.7. The van der Waals surface area contributed by atoms with Gasteiger partial charge in [-0.3, -0.25) is 9.52 Å². The number of H-pyrrole nitrogens is 1. The Kier molecular flexibility index (Phi) is 5.01. The number of halogens is 1. The second-order valence-electron chi connectivity index (χ2n) is 6.76. The first-order chi connectivity index (χ1) is 14.3. The fourth-order valence-corrected chi connectivity index (χ4v) is 4.31. The van der Waals surface area contributed by atoms with E-state index in [9.17, 15) is 17.6 Å². The number of sulfonamides is 1. The summed E-state index contributed by atoms with van der Waals surface area (Å²) in [5, 5.41) is 3.67. The van der Waals surface area contributed by atoms with Gasteiger partial charge in [-0.05, 0) is 61.0 Å². The maximum absolute atomic E-state index is 13.5. The number of aromatic amines is 1. The fraction of sp³-hybridized carbons (Fsp3) is 0.0455. The van der Waals surface area contributed by atoms with E-state index in [1.54, 1.807) is 30.5 Å². The zero-order valence-electron chi connectivity index (χ0n) is 15.9. The van der Waals surface area contributed by atoms with Gasteiger partial charge < -0.3 is 10.3 Å². The van der Waals surface area contributed by atoms with Crippen LogP contribution in [0.5, 0.6) is 0 Å². The molecule has 1 heterocycles. The van der Waals surface area contributed by atoms with Gasteiger partial charge in [0.2, 0.25) is 0 Å². The number of benzene rings is 3. The van der Waals surface area contributed by atoms with E-state index in [4.69, 9.17) is 0 Å². The number of aryl methyl sites for hydroxylation is 1. The minimum Gasteiger partial charge on any atom is -0.361 e. The van der Waals surface area contributed by atoms with Crippen molar-refractivity contribution in [2.45, 2.75) is 11.8 Å². The fourth-order valence-electron chi connectivity index (χ4n) is 3.14. The SMILES string of the molecule is Cc1cc(S(=O)(=O)Nc2ccccc2C(=O)Nc2cccc3[nH]ccc23)ccc1F. The monoisotopic (exact) mass is 423 g/mol. The molecule has 0 atom stereocenters. The van der Waals surface area contributed by atoms with E-state index in [-0.39, 0.29) is 21.7 Å². The van der Waals surface area contributed by atoms with Crippen LogP contribution in [0.15, 0.2) is 77.8 Å². The molecule has 4 aromatic rings. The third-order valence-electron chi connectivity index (χ3n) is 4.70. The third-order valence-corrected chi connectivity index (χ3v) is 6.06. The van der Waals surface area contributed by atoms with Crippen LogP contribution in [0.3, 0.4) is 0 Å². The Morgan fingerprint density at radius 2 is 1.73 bits per heavy atom. The normalized spacial score (nSPS) is 11.4. The van der Waals surface area contributed by atoms with E-state index in [0.717, 1.165) is 17.0 Å². The third kappa shape index (κ3) is 3.77. The van der Waals surface area contributed by atoms with Crippen molar-refractivity contribution in [3.63, 3.8) is 0 Å². The van der Waals surface area contributed by atoms with Crippen LogP contribution in [0.4, 0.5) is 15.8 Å². The average molecular weight is 423 g/mol. The summed E-state index contributed by atoms with van der Waals surface area (Å²) < 4.78 is 41.5. The number of anilines is 2. The summed E-state index contributed by atoms with van der Waals surface area (Å²) in [7, 11) is -4.01. The summed E-state index contributed by atoms with van der Waals surface area (Å²) in [6.07, 6.45) is 1.77. The Bertz CT molecular complexity index is 1360. The van der Waals surface area contributed by atoms with E-state index in [1.165, 1.54) is 31.2 Å². The van der Waals surface area contributed by atoms with Gasteiger partial charge in [-0.15, -0.1) is 0 Å². The molecule has 0 aliphatic heterocycles. The van der Waals surface area contributed by atoms with Gasteiger partial charge in [0, 0.05) is 17.1 Å². The van der Waals surface area contributed by atoms with Crippen molar-refractivity contribution in [2.75, 3.05) is 10.0 Å². The van der Waals surface area contributed by atoms with E-state index < -0.39 is 21.7 Å². The molecule has 0 unspecified atom stereocenters. The lowest BCUT2D eigenvalue weighted by Gasteiger charge is -2.13.